The van der Waals surface area contributed by atoms with E-state index in [1.807, 2.05) is 0 Å². The van der Waals surface area contributed by atoms with Crippen LogP contribution >= 0.6 is 0 Å². The Morgan fingerprint density at radius 2 is 0.566 bits per heavy atom. The minimum Gasteiger partial charge on any atom is -0.466 e. The van der Waals surface area contributed by atoms with Crippen molar-refractivity contribution >= 4 is 11.9 Å². The van der Waals surface area contributed by atoms with Gasteiger partial charge in [-0.15, -0.1) is 0 Å². The average molecular weight is 1170 g/mol. The summed E-state index contributed by atoms with van der Waals surface area (Å²) in [5, 5.41) is 23.5. The Bertz CT molecular complexity index is 1260. The normalized spacial score (nSPS) is 12.5. The Hall–Kier alpha value is -1.40. The highest BCUT2D eigenvalue weighted by atomic mass is 16.5. The summed E-state index contributed by atoms with van der Waals surface area (Å²) in [7, 11) is 0. The number of carbonyl (C=O) groups is 2. The van der Waals surface area contributed by atoms with Crippen LogP contribution in [0.5, 0.6) is 0 Å². The van der Waals surface area contributed by atoms with Crippen molar-refractivity contribution in [1.29, 1.82) is 0 Å². The molecule has 0 aromatic carbocycles. The lowest BCUT2D eigenvalue weighted by Crippen LogP contribution is -2.45. The molecule has 0 bridgehead atoms. The number of hydrogen-bond acceptors (Lipinski definition) is 5. The van der Waals surface area contributed by atoms with Crippen LogP contribution in [0.2, 0.25) is 0 Å². The van der Waals surface area contributed by atoms with Crippen molar-refractivity contribution in [2.75, 3.05) is 13.2 Å². The zero-order chi connectivity index (χ0) is 59.9. The Kier molecular flexibility index (Phi) is 71.8. The van der Waals surface area contributed by atoms with Gasteiger partial charge in [0.05, 0.1) is 25.4 Å². The molecule has 0 aliphatic heterocycles. The number of aliphatic hydroxyl groups excluding tert-OH is 2. The number of unbranched alkanes of at least 4 members (excludes halogenated alkanes) is 60. The second-order valence-corrected chi connectivity index (χ2v) is 26.7. The predicted molar refractivity (Wildman–Crippen MR) is 366 cm³/mol. The van der Waals surface area contributed by atoms with E-state index in [4.69, 9.17) is 4.74 Å². The van der Waals surface area contributed by atoms with Gasteiger partial charge in [-0.05, 0) is 51.4 Å². The zero-order valence-corrected chi connectivity index (χ0v) is 56.7. The van der Waals surface area contributed by atoms with Gasteiger partial charge in [0.1, 0.15) is 0 Å². The van der Waals surface area contributed by atoms with Crippen molar-refractivity contribution in [3.05, 3.63) is 12.2 Å². The maximum atomic E-state index is 12.6. The van der Waals surface area contributed by atoms with Crippen LogP contribution in [0.3, 0.4) is 0 Å². The predicted octanol–water partition coefficient (Wildman–Crippen LogP) is 25.1. The fourth-order valence-corrected chi connectivity index (χ4v) is 12.5. The van der Waals surface area contributed by atoms with Gasteiger partial charge < -0.3 is 20.3 Å². The molecule has 0 aliphatic rings. The highest BCUT2D eigenvalue weighted by Gasteiger charge is 2.20. The molecule has 0 saturated heterocycles. The summed E-state index contributed by atoms with van der Waals surface area (Å²) >= 11 is 0. The summed E-state index contributed by atoms with van der Waals surface area (Å²) in [5.41, 5.74) is 0. The molecular formula is C77H151NO5. The zero-order valence-electron chi connectivity index (χ0n) is 56.7. The number of allylic oxidation sites excluding steroid dienone is 2. The van der Waals surface area contributed by atoms with E-state index < -0.39 is 12.1 Å². The van der Waals surface area contributed by atoms with Gasteiger partial charge in [0.25, 0.3) is 0 Å². The molecule has 0 spiro atoms. The van der Waals surface area contributed by atoms with Gasteiger partial charge in [0.15, 0.2) is 0 Å². The van der Waals surface area contributed by atoms with Gasteiger partial charge in [0.2, 0.25) is 5.91 Å². The number of amides is 1. The molecule has 6 heteroatoms. The first-order valence-electron chi connectivity index (χ1n) is 38.4. The van der Waals surface area contributed by atoms with E-state index >= 15 is 0 Å². The van der Waals surface area contributed by atoms with Gasteiger partial charge in [-0.2, -0.15) is 0 Å². The lowest BCUT2D eigenvalue weighted by atomic mass is 10.0. The molecule has 0 saturated carbocycles. The fraction of sp³-hybridized carbons (Fsp3) is 0.948. The molecule has 2 atom stereocenters. The van der Waals surface area contributed by atoms with Crippen LogP contribution in [0.25, 0.3) is 0 Å². The second kappa shape index (κ2) is 73.1. The van der Waals surface area contributed by atoms with E-state index in [1.165, 1.54) is 366 Å². The first-order chi connectivity index (χ1) is 41.0. The van der Waals surface area contributed by atoms with Crippen LogP contribution in [-0.2, 0) is 14.3 Å². The SMILES string of the molecule is CCCCCCCC/C=C\CCCCCCCC(=O)OCCCCCCCCCCCCCCCCCCCCCCCCCCCCCCC(=O)NC(CO)C(O)CCCCCCCCCCCCCCCCCCCCCCCCC. The molecule has 6 nitrogen and oxygen atoms in total. The molecule has 0 aromatic rings. The van der Waals surface area contributed by atoms with Crippen LogP contribution < -0.4 is 5.32 Å². The third kappa shape index (κ3) is 69.6. The van der Waals surface area contributed by atoms with Crippen molar-refractivity contribution in [3.8, 4) is 0 Å². The molecule has 0 aliphatic carbocycles. The van der Waals surface area contributed by atoms with E-state index in [2.05, 4.69) is 31.3 Å². The van der Waals surface area contributed by atoms with Gasteiger partial charge in [-0.3, -0.25) is 9.59 Å². The highest BCUT2D eigenvalue weighted by molar-refractivity contribution is 5.76. The maximum Gasteiger partial charge on any atom is 0.305 e. The van der Waals surface area contributed by atoms with E-state index in [1.54, 1.807) is 0 Å². The Morgan fingerprint density at radius 3 is 0.855 bits per heavy atom. The Labute approximate surface area is 520 Å². The molecule has 0 heterocycles. The lowest BCUT2D eigenvalue weighted by Gasteiger charge is -2.22. The fourth-order valence-electron chi connectivity index (χ4n) is 12.5. The molecule has 1 amide bonds. The monoisotopic (exact) mass is 1170 g/mol. The standard InChI is InChI=1S/C77H151NO5/c1-3-5-7-9-11-13-15-17-19-20-21-22-29-32-35-38-42-45-49-53-57-61-65-69-75(80)74(73-79)78-76(81)70-66-62-58-54-50-46-43-39-36-33-30-27-25-23-24-26-28-31-34-37-40-44-48-52-56-60-64-68-72-83-77(82)71-67-63-59-55-51-47-41-18-16-14-12-10-8-6-4-2/h18,41,74-75,79-80H,3-17,19-40,42-73H2,1-2H3,(H,78,81)/b41-18-. The third-order valence-corrected chi connectivity index (χ3v) is 18.3. The van der Waals surface area contributed by atoms with Crippen molar-refractivity contribution in [2.45, 2.75) is 456 Å². The number of hydrogen-bond donors (Lipinski definition) is 3. The second-order valence-electron chi connectivity index (χ2n) is 26.7. The summed E-state index contributed by atoms with van der Waals surface area (Å²) in [6, 6.07) is -0.540. The average Bonchev–Trinajstić information content (AvgIpc) is 3.49. The van der Waals surface area contributed by atoms with Crippen LogP contribution in [0, 0.1) is 0 Å². The van der Waals surface area contributed by atoms with Gasteiger partial charge >= 0.3 is 5.97 Å². The molecule has 0 fully saturated rings. The lowest BCUT2D eigenvalue weighted by molar-refractivity contribution is -0.143. The molecule has 0 rings (SSSR count). The number of rotatable bonds is 73. The number of carbonyl (C=O) groups excluding carboxylic acids is 2. The Balaban J connectivity index is 3.34. The van der Waals surface area contributed by atoms with Crippen molar-refractivity contribution in [3.63, 3.8) is 0 Å². The highest BCUT2D eigenvalue weighted by Crippen LogP contribution is 2.20. The first kappa shape index (κ1) is 81.6. The smallest absolute Gasteiger partial charge is 0.305 e. The molecule has 494 valence electrons. The number of nitrogens with one attached hydrogen (secondary N) is 1. The topological polar surface area (TPSA) is 95.9 Å². The summed E-state index contributed by atoms with van der Waals surface area (Å²) in [6.45, 7) is 5.00. The van der Waals surface area contributed by atoms with E-state index in [9.17, 15) is 19.8 Å². The quantitative estimate of drug-likeness (QED) is 0.0320. The summed E-state index contributed by atoms with van der Waals surface area (Å²) in [5.74, 6) is -0.0139. The van der Waals surface area contributed by atoms with Crippen LogP contribution in [0.1, 0.15) is 444 Å². The summed E-state index contributed by atoms with van der Waals surface area (Å²) < 4.78 is 5.50. The van der Waals surface area contributed by atoms with Gasteiger partial charge in [-0.1, -0.05) is 392 Å². The molecule has 3 N–H and O–H groups in total. The largest absolute Gasteiger partial charge is 0.466 e. The van der Waals surface area contributed by atoms with Crippen LogP contribution in [0.15, 0.2) is 12.2 Å². The minimum absolute atomic E-state index is 0.0122. The minimum atomic E-state index is -0.663. The molecular weight excluding hydrogens is 1020 g/mol. The molecule has 2 unspecified atom stereocenters. The maximum absolute atomic E-state index is 12.6. The molecule has 83 heavy (non-hydrogen) atoms. The van der Waals surface area contributed by atoms with Gasteiger partial charge in [0, 0.05) is 12.8 Å². The number of aliphatic hydroxyl groups is 2. The summed E-state index contributed by atoms with van der Waals surface area (Å²) in [4.78, 5) is 24.6. The molecule has 0 radical (unpaired) electrons. The number of ether oxygens (including phenoxy) is 1. The van der Waals surface area contributed by atoms with Crippen molar-refractivity contribution < 1.29 is 24.5 Å². The van der Waals surface area contributed by atoms with Crippen molar-refractivity contribution in [2.24, 2.45) is 0 Å². The summed E-state index contributed by atoms with van der Waals surface area (Å²) in [6.07, 6.45) is 91.4. The van der Waals surface area contributed by atoms with Crippen LogP contribution in [-0.4, -0.2) is 47.4 Å². The van der Waals surface area contributed by atoms with E-state index in [0.29, 0.717) is 25.9 Å². The van der Waals surface area contributed by atoms with Crippen LogP contribution in [0.4, 0.5) is 0 Å². The Morgan fingerprint density at radius 1 is 0.325 bits per heavy atom. The molecule has 0 aromatic heterocycles. The van der Waals surface area contributed by atoms with E-state index in [0.717, 1.165) is 44.9 Å². The van der Waals surface area contributed by atoms with Crippen molar-refractivity contribution in [1.82, 2.24) is 5.32 Å². The van der Waals surface area contributed by atoms with E-state index in [-0.39, 0.29) is 18.5 Å². The third-order valence-electron chi connectivity index (χ3n) is 18.3. The number of esters is 1. The van der Waals surface area contributed by atoms with Gasteiger partial charge in [-0.25, -0.2) is 0 Å². The first-order valence-corrected chi connectivity index (χ1v) is 38.4.